The largest absolute Gasteiger partial charge is 0.396 e. The number of aliphatic hydroxyl groups is 1. The zero-order valence-corrected chi connectivity index (χ0v) is 11.4. The monoisotopic (exact) mass is 273 g/mol. The molecule has 1 amide bonds. The van der Waals surface area contributed by atoms with E-state index in [9.17, 15) is 4.79 Å². The van der Waals surface area contributed by atoms with E-state index in [2.05, 4.69) is 4.98 Å². The smallest absolute Gasteiger partial charge is 0.224 e. The Morgan fingerprint density at radius 3 is 3.05 bits per heavy atom. The van der Waals surface area contributed by atoms with Gasteiger partial charge in [0, 0.05) is 38.6 Å². The third-order valence-electron chi connectivity index (χ3n) is 3.99. The van der Waals surface area contributed by atoms with E-state index in [1.807, 2.05) is 33.7 Å². The molecule has 1 unspecified atom stereocenters. The number of rotatable bonds is 4. The van der Waals surface area contributed by atoms with Gasteiger partial charge in [0.15, 0.2) is 0 Å². The minimum absolute atomic E-state index is 0.165. The van der Waals surface area contributed by atoms with Crippen molar-refractivity contribution in [1.29, 1.82) is 0 Å². The Bertz CT molecular complexity index is 608. The summed E-state index contributed by atoms with van der Waals surface area (Å²) >= 11 is 0. The molecule has 2 heterocycles. The number of amides is 1. The van der Waals surface area contributed by atoms with Crippen molar-refractivity contribution >= 4 is 16.9 Å². The zero-order chi connectivity index (χ0) is 13.9. The van der Waals surface area contributed by atoms with E-state index in [0.29, 0.717) is 19.5 Å². The number of hydrogen-bond acceptors (Lipinski definition) is 3. The van der Waals surface area contributed by atoms with Crippen LogP contribution in [0.4, 0.5) is 0 Å². The van der Waals surface area contributed by atoms with Gasteiger partial charge < -0.3 is 14.6 Å². The first-order valence-corrected chi connectivity index (χ1v) is 7.06. The molecule has 0 aliphatic carbocycles. The van der Waals surface area contributed by atoms with Crippen molar-refractivity contribution in [2.24, 2.45) is 5.92 Å². The van der Waals surface area contributed by atoms with Crippen LogP contribution in [0.3, 0.4) is 0 Å². The van der Waals surface area contributed by atoms with Crippen molar-refractivity contribution in [3.8, 4) is 0 Å². The van der Waals surface area contributed by atoms with Crippen LogP contribution in [0.5, 0.6) is 0 Å². The van der Waals surface area contributed by atoms with Gasteiger partial charge in [0.2, 0.25) is 5.91 Å². The third kappa shape index (κ3) is 2.54. The molecule has 1 aliphatic heterocycles. The molecular weight excluding hydrogens is 254 g/mol. The van der Waals surface area contributed by atoms with Crippen molar-refractivity contribution in [2.75, 3.05) is 19.7 Å². The number of fused-ring (bicyclic) bond motifs is 1. The summed E-state index contributed by atoms with van der Waals surface area (Å²) in [6.07, 6.45) is 3.19. The average molecular weight is 273 g/mol. The second kappa shape index (κ2) is 5.63. The predicted molar refractivity (Wildman–Crippen MR) is 76.1 cm³/mol. The van der Waals surface area contributed by atoms with E-state index < -0.39 is 0 Å². The molecule has 2 aromatic rings. The highest BCUT2D eigenvalue weighted by atomic mass is 16.3. The molecule has 1 aromatic heterocycles. The Morgan fingerprint density at radius 2 is 2.25 bits per heavy atom. The fourth-order valence-corrected chi connectivity index (χ4v) is 2.77. The number of carbonyl (C=O) groups excluding carboxylic acids is 1. The number of aromatic nitrogens is 2. The van der Waals surface area contributed by atoms with E-state index in [1.54, 1.807) is 6.33 Å². The second-order valence-electron chi connectivity index (χ2n) is 5.35. The van der Waals surface area contributed by atoms with Crippen molar-refractivity contribution in [3.05, 3.63) is 30.6 Å². The number of likely N-dealkylation sites (tertiary alicyclic amines) is 1. The minimum atomic E-state index is 0.165. The van der Waals surface area contributed by atoms with Gasteiger partial charge >= 0.3 is 0 Å². The number of imidazole rings is 1. The molecule has 1 aromatic carbocycles. The minimum Gasteiger partial charge on any atom is -0.396 e. The van der Waals surface area contributed by atoms with Gasteiger partial charge in [-0.05, 0) is 18.6 Å². The quantitative estimate of drug-likeness (QED) is 0.912. The molecule has 1 fully saturated rings. The maximum absolute atomic E-state index is 12.1. The Kier molecular flexibility index (Phi) is 3.69. The number of benzene rings is 1. The number of para-hydroxylation sites is 2. The number of aliphatic hydroxyl groups excluding tert-OH is 1. The lowest BCUT2D eigenvalue weighted by Crippen LogP contribution is -2.29. The van der Waals surface area contributed by atoms with Crippen molar-refractivity contribution in [2.45, 2.75) is 19.4 Å². The Morgan fingerprint density at radius 1 is 1.40 bits per heavy atom. The SMILES string of the molecule is O=C(CCn1cnc2ccccc21)N1CCC(CO)C1. The molecule has 20 heavy (non-hydrogen) atoms. The lowest BCUT2D eigenvalue weighted by molar-refractivity contribution is -0.130. The predicted octanol–water partition coefficient (Wildman–Crippen LogP) is 1.27. The summed E-state index contributed by atoms with van der Waals surface area (Å²) in [5.41, 5.74) is 2.02. The van der Waals surface area contributed by atoms with Gasteiger partial charge in [0.05, 0.1) is 17.4 Å². The van der Waals surface area contributed by atoms with E-state index in [0.717, 1.165) is 24.0 Å². The molecule has 0 saturated carbocycles. The van der Waals surface area contributed by atoms with Crippen LogP contribution in [0, 0.1) is 5.92 Å². The Hall–Kier alpha value is -1.88. The van der Waals surface area contributed by atoms with E-state index >= 15 is 0 Å². The number of aryl methyl sites for hydroxylation is 1. The van der Waals surface area contributed by atoms with Gasteiger partial charge in [-0.3, -0.25) is 4.79 Å². The number of nitrogens with zero attached hydrogens (tertiary/aromatic N) is 3. The molecule has 0 radical (unpaired) electrons. The summed E-state index contributed by atoms with van der Waals surface area (Å²) in [7, 11) is 0. The zero-order valence-electron chi connectivity index (χ0n) is 11.4. The Balaban J connectivity index is 1.61. The molecule has 106 valence electrons. The third-order valence-corrected chi connectivity index (χ3v) is 3.99. The maximum atomic E-state index is 12.1. The van der Waals surface area contributed by atoms with Crippen LogP contribution >= 0.6 is 0 Å². The maximum Gasteiger partial charge on any atom is 0.224 e. The van der Waals surface area contributed by atoms with Crippen LogP contribution in [-0.2, 0) is 11.3 Å². The van der Waals surface area contributed by atoms with Crippen molar-refractivity contribution in [3.63, 3.8) is 0 Å². The van der Waals surface area contributed by atoms with E-state index in [1.165, 1.54) is 0 Å². The lowest BCUT2D eigenvalue weighted by Gasteiger charge is -2.16. The fraction of sp³-hybridized carbons (Fsp3) is 0.467. The molecule has 1 saturated heterocycles. The van der Waals surface area contributed by atoms with E-state index in [4.69, 9.17) is 5.11 Å². The first kappa shape index (κ1) is 13.1. The molecule has 5 heteroatoms. The van der Waals surface area contributed by atoms with Crippen molar-refractivity contribution < 1.29 is 9.90 Å². The highest BCUT2D eigenvalue weighted by Gasteiger charge is 2.25. The topological polar surface area (TPSA) is 58.4 Å². The van der Waals surface area contributed by atoms with Crippen LogP contribution < -0.4 is 0 Å². The normalized spacial score (nSPS) is 18.9. The van der Waals surface area contributed by atoms with Crippen LogP contribution in [0.2, 0.25) is 0 Å². The summed E-state index contributed by atoms with van der Waals surface area (Å²) in [5, 5.41) is 9.11. The molecule has 1 aliphatic rings. The summed E-state index contributed by atoms with van der Waals surface area (Å²) in [5.74, 6) is 0.423. The summed E-state index contributed by atoms with van der Waals surface area (Å²) in [6.45, 7) is 2.30. The van der Waals surface area contributed by atoms with Crippen molar-refractivity contribution in [1.82, 2.24) is 14.5 Å². The molecule has 1 N–H and O–H groups in total. The average Bonchev–Trinajstić information content (AvgIpc) is 3.11. The summed E-state index contributed by atoms with van der Waals surface area (Å²) in [4.78, 5) is 18.3. The van der Waals surface area contributed by atoms with Gasteiger partial charge in [-0.1, -0.05) is 12.1 Å². The van der Waals surface area contributed by atoms with Crippen LogP contribution in [-0.4, -0.2) is 45.2 Å². The highest BCUT2D eigenvalue weighted by Crippen LogP contribution is 2.17. The molecule has 3 rings (SSSR count). The number of hydrogen-bond donors (Lipinski definition) is 1. The first-order chi connectivity index (χ1) is 9.78. The number of carbonyl (C=O) groups is 1. The van der Waals surface area contributed by atoms with E-state index in [-0.39, 0.29) is 18.4 Å². The molecule has 5 nitrogen and oxygen atoms in total. The van der Waals surface area contributed by atoms with Gasteiger partial charge in [0.1, 0.15) is 0 Å². The fourth-order valence-electron chi connectivity index (χ4n) is 2.77. The Labute approximate surface area is 117 Å². The standard InChI is InChI=1S/C15H19N3O2/c19-10-12-5-7-17(9-12)15(20)6-8-18-11-16-13-3-1-2-4-14(13)18/h1-4,11-12,19H,5-10H2. The summed E-state index contributed by atoms with van der Waals surface area (Å²) in [6, 6.07) is 7.93. The van der Waals surface area contributed by atoms with Crippen LogP contribution in [0.25, 0.3) is 11.0 Å². The van der Waals surface area contributed by atoms with Crippen LogP contribution in [0.1, 0.15) is 12.8 Å². The lowest BCUT2D eigenvalue weighted by atomic mass is 10.1. The van der Waals surface area contributed by atoms with Gasteiger partial charge in [-0.25, -0.2) is 4.98 Å². The molecule has 0 bridgehead atoms. The molecule has 1 atom stereocenters. The molecular formula is C15H19N3O2. The van der Waals surface area contributed by atoms with Gasteiger partial charge in [0.25, 0.3) is 0 Å². The molecule has 0 spiro atoms. The highest BCUT2D eigenvalue weighted by molar-refractivity contribution is 5.77. The van der Waals surface area contributed by atoms with Gasteiger partial charge in [-0.15, -0.1) is 0 Å². The second-order valence-corrected chi connectivity index (χ2v) is 5.35. The van der Waals surface area contributed by atoms with Crippen LogP contribution in [0.15, 0.2) is 30.6 Å². The first-order valence-electron chi connectivity index (χ1n) is 7.06. The van der Waals surface area contributed by atoms with Gasteiger partial charge in [-0.2, -0.15) is 0 Å². The summed E-state index contributed by atoms with van der Waals surface area (Å²) < 4.78 is 2.02.